The highest BCUT2D eigenvalue weighted by atomic mass is 16.3. The number of nitrogens with one attached hydrogen (secondary N) is 1. The molecule has 0 bridgehead atoms. The number of unbranched alkanes of at least 4 members (excludes halogenated alkanes) is 34. The summed E-state index contributed by atoms with van der Waals surface area (Å²) in [6.45, 7) is 4.20. The van der Waals surface area contributed by atoms with Gasteiger partial charge >= 0.3 is 0 Å². The molecule has 0 fully saturated rings. The maximum absolute atomic E-state index is 12.5. The summed E-state index contributed by atoms with van der Waals surface area (Å²) >= 11 is 0. The van der Waals surface area contributed by atoms with Crippen LogP contribution < -0.4 is 5.32 Å². The Labute approximate surface area is 418 Å². The summed E-state index contributed by atoms with van der Waals surface area (Å²) in [5.74, 6) is -0.0766. The Morgan fingerprint density at radius 1 is 0.373 bits per heavy atom. The topological polar surface area (TPSA) is 69.6 Å². The molecule has 2 atom stereocenters. The standard InChI is InChI=1S/C63H113NO3/c1-3-5-7-9-11-13-15-17-19-21-23-25-27-29-30-31-32-33-34-35-37-39-41-43-45-47-49-51-53-55-57-59-63(67)64-61(60-65)62(66)58-56-54-52-50-48-46-44-42-40-38-36-28-26-24-22-20-18-16-14-12-10-8-6-4-2/h5,7,11,13,17,19,23,25,40,42,48,50,56,58,61-62,65-66H,3-4,6,8-10,12,14-16,18,20-22,24,26-39,41,43-47,49,51-55,57,59-60H2,1-2H3,(H,64,67)/b7-5-,13-11-,19-17-,25-23-,42-40+,50-48+,58-56+. The van der Waals surface area contributed by atoms with E-state index in [1.54, 1.807) is 6.08 Å². The molecule has 0 spiro atoms. The average Bonchev–Trinajstić information content (AvgIpc) is 3.33. The molecule has 0 heterocycles. The van der Waals surface area contributed by atoms with Crippen molar-refractivity contribution >= 4 is 5.91 Å². The summed E-state index contributed by atoms with van der Waals surface area (Å²) in [6.07, 6.45) is 84.7. The lowest BCUT2D eigenvalue weighted by Gasteiger charge is -2.19. The van der Waals surface area contributed by atoms with Crippen LogP contribution in [0.1, 0.15) is 290 Å². The Bertz CT molecular complexity index is 1190. The van der Waals surface area contributed by atoms with Crippen molar-refractivity contribution < 1.29 is 15.0 Å². The van der Waals surface area contributed by atoms with Crippen LogP contribution in [0.25, 0.3) is 0 Å². The van der Waals surface area contributed by atoms with Gasteiger partial charge in [0.25, 0.3) is 0 Å². The molecule has 0 aliphatic rings. The molecule has 1 amide bonds. The summed E-state index contributed by atoms with van der Waals surface area (Å²) in [4.78, 5) is 12.5. The van der Waals surface area contributed by atoms with Gasteiger partial charge in [-0.05, 0) is 83.5 Å². The fraction of sp³-hybridized carbons (Fsp3) is 0.762. The van der Waals surface area contributed by atoms with Crippen LogP contribution in [0.4, 0.5) is 0 Å². The number of aliphatic hydroxyl groups is 2. The van der Waals surface area contributed by atoms with Crippen molar-refractivity contribution in [1.82, 2.24) is 5.32 Å². The monoisotopic (exact) mass is 932 g/mol. The predicted molar refractivity (Wildman–Crippen MR) is 299 cm³/mol. The summed E-state index contributed by atoms with van der Waals surface area (Å²) in [5, 5.41) is 23.2. The Hall–Kier alpha value is -2.43. The predicted octanol–water partition coefficient (Wildman–Crippen LogP) is 19.5. The van der Waals surface area contributed by atoms with Crippen LogP contribution in [0.2, 0.25) is 0 Å². The number of rotatable bonds is 53. The second-order valence-corrected chi connectivity index (χ2v) is 19.7. The first-order chi connectivity index (χ1) is 33.2. The number of hydrogen-bond donors (Lipinski definition) is 3. The summed E-state index contributed by atoms with van der Waals surface area (Å²) in [7, 11) is 0. The van der Waals surface area contributed by atoms with Crippen LogP contribution in [-0.4, -0.2) is 34.9 Å². The lowest BCUT2D eigenvalue weighted by atomic mass is 10.0. The minimum Gasteiger partial charge on any atom is -0.394 e. The van der Waals surface area contributed by atoms with E-state index in [1.807, 2.05) is 6.08 Å². The number of carbonyl (C=O) groups excluding carboxylic acids is 1. The van der Waals surface area contributed by atoms with E-state index >= 15 is 0 Å². The fourth-order valence-corrected chi connectivity index (χ4v) is 8.67. The average molecular weight is 933 g/mol. The van der Waals surface area contributed by atoms with Crippen molar-refractivity contribution in [2.75, 3.05) is 6.61 Å². The van der Waals surface area contributed by atoms with Gasteiger partial charge in [-0.1, -0.05) is 285 Å². The molecule has 0 radical (unpaired) electrons. The smallest absolute Gasteiger partial charge is 0.220 e. The van der Waals surface area contributed by atoms with Crippen LogP contribution >= 0.6 is 0 Å². The van der Waals surface area contributed by atoms with Crippen LogP contribution in [0, 0.1) is 0 Å². The Kier molecular flexibility index (Phi) is 55.8. The van der Waals surface area contributed by atoms with Gasteiger partial charge in [-0.25, -0.2) is 0 Å². The zero-order chi connectivity index (χ0) is 48.5. The third kappa shape index (κ3) is 54.4. The molecule has 0 rings (SSSR count). The first-order valence-electron chi connectivity index (χ1n) is 29.3. The second kappa shape index (κ2) is 57.9. The van der Waals surface area contributed by atoms with Crippen molar-refractivity contribution in [3.63, 3.8) is 0 Å². The van der Waals surface area contributed by atoms with Gasteiger partial charge in [0.1, 0.15) is 0 Å². The molecule has 67 heavy (non-hydrogen) atoms. The van der Waals surface area contributed by atoms with Crippen molar-refractivity contribution in [1.29, 1.82) is 0 Å². The fourth-order valence-electron chi connectivity index (χ4n) is 8.67. The molecule has 388 valence electrons. The molecular weight excluding hydrogens is 819 g/mol. The maximum atomic E-state index is 12.5. The van der Waals surface area contributed by atoms with Gasteiger partial charge in [0.2, 0.25) is 5.91 Å². The zero-order valence-corrected chi connectivity index (χ0v) is 44.7. The molecule has 0 aromatic carbocycles. The number of allylic oxidation sites excluding steroid dienone is 13. The maximum Gasteiger partial charge on any atom is 0.220 e. The number of hydrogen-bond acceptors (Lipinski definition) is 3. The second-order valence-electron chi connectivity index (χ2n) is 19.7. The van der Waals surface area contributed by atoms with Crippen LogP contribution in [0.5, 0.6) is 0 Å². The van der Waals surface area contributed by atoms with Gasteiger partial charge in [0, 0.05) is 6.42 Å². The van der Waals surface area contributed by atoms with Gasteiger partial charge in [0.15, 0.2) is 0 Å². The molecule has 0 aromatic heterocycles. The van der Waals surface area contributed by atoms with E-state index in [2.05, 4.69) is 92.1 Å². The molecule has 2 unspecified atom stereocenters. The van der Waals surface area contributed by atoms with E-state index in [-0.39, 0.29) is 12.5 Å². The summed E-state index contributed by atoms with van der Waals surface area (Å²) < 4.78 is 0. The van der Waals surface area contributed by atoms with E-state index in [4.69, 9.17) is 0 Å². The Morgan fingerprint density at radius 2 is 0.672 bits per heavy atom. The van der Waals surface area contributed by atoms with Crippen molar-refractivity contribution in [3.8, 4) is 0 Å². The highest BCUT2D eigenvalue weighted by Gasteiger charge is 2.18. The number of aliphatic hydroxyl groups excluding tert-OH is 2. The molecule has 0 saturated heterocycles. The molecule has 0 aromatic rings. The largest absolute Gasteiger partial charge is 0.394 e. The Morgan fingerprint density at radius 3 is 1.04 bits per heavy atom. The minimum absolute atomic E-state index is 0.0766. The number of carbonyl (C=O) groups is 1. The zero-order valence-electron chi connectivity index (χ0n) is 44.7. The molecule has 0 aliphatic heterocycles. The van der Waals surface area contributed by atoms with Gasteiger partial charge in [-0.15, -0.1) is 0 Å². The molecule has 3 N–H and O–H groups in total. The van der Waals surface area contributed by atoms with Crippen molar-refractivity contribution in [2.45, 2.75) is 302 Å². The normalized spacial score (nSPS) is 13.4. The van der Waals surface area contributed by atoms with Crippen LogP contribution in [-0.2, 0) is 4.79 Å². The minimum atomic E-state index is -0.874. The lowest BCUT2D eigenvalue weighted by Crippen LogP contribution is -2.45. The Balaban J connectivity index is 3.54. The van der Waals surface area contributed by atoms with Crippen LogP contribution in [0.15, 0.2) is 85.1 Å². The van der Waals surface area contributed by atoms with Crippen LogP contribution in [0.3, 0.4) is 0 Å². The van der Waals surface area contributed by atoms with Crippen molar-refractivity contribution in [2.24, 2.45) is 0 Å². The molecular formula is C63H113NO3. The lowest BCUT2D eigenvalue weighted by molar-refractivity contribution is -0.123. The third-order valence-corrected chi connectivity index (χ3v) is 13.1. The third-order valence-electron chi connectivity index (χ3n) is 13.1. The first-order valence-corrected chi connectivity index (χ1v) is 29.3. The van der Waals surface area contributed by atoms with E-state index in [1.165, 1.54) is 205 Å². The highest BCUT2D eigenvalue weighted by molar-refractivity contribution is 5.76. The molecule has 0 aliphatic carbocycles. The van der Waals surface area contributed by atoms with Gasteiger partial charge in [-0.3, -0.25) is 4.79 Å². The van der Waals surface area contributed by atoms with Crippen molar-refractivity contribution in [3.05, 3.63) is 85.1 Å². The van der Waals surface area contributed by atoms with E-state index in [0.717, 1.165) is 64.2 Å². The first kappa shape index (κ1) is 64.6. The number of amides is 1. The van der Waals surface area contributed by atoms with Gasteiger partial charge < -0.3 is 15.5 Å². The summed E-state index contributed by atoms with van der Waals surface area (Å²) in [5.41, 5.74) is 0. The van der Waals surface area contributed by atoms with Gasteiger partial charge in [0.05, 0.1) is 18.8 Å². The van der Waals surface area contributed by atoms with E-state index in [0.29, 0.717) is 6.42 Å². The SMILES string of the molecule is CC/C=C\C/C=C\C/C=C\C/C=C\CCCCCCCCCCCCCCCCCCCCC(=O)NC(CO)C(O)/C=C/CC/C=C/CC/C=C/CCCCCCCCCCCCCCCC. The molecule has 4 heteroatoms. The molecule has 4 nitrogen and oxygen atoms in total. The summed E-state index contributed by atoms with van der Waals surface area (Å²) in [6, 6.07) is -0.649. The highest BCUT2D eigenvalue weighted by Crippen LogP contribution is 2.16. The van der Waals surface area contributed by atoms with E-state index in [9.17, 15) is 15.0 Å². The quantitative estimate of drug-likeness (QED) is 0.0420. The van der Waals surface area contributed by atoms with E-state index < -0.39 is 12.1 Å². The molecule has 0 saturated carbocycles. The van der Waals surface area contributed by atoms with Gasteiger partial charge in [-0.2, -0.15) is 0 Å².